The standard InChI is InChI=1S/C21H20FN3O3/c1-14(12-16(13-24(27)28)18-10-6-7-11-19(18)22)20-15(2)23-25(21(20)26)17-8-4-3-5-9-17/h3-11,16H,12-13H2,1-2H3/b20-14-/t16-/m0/s1. The van der Waals surface area contributed by atoms with Crippen molar-refractivity contribution in [3.8, 4) is 0 Å². The molecule has 1 amide bonds. The van der Waals surface area contributed by atoms with Crippen molar-refractivity contribution in [2.24, 2.45) is 5.10 Å². The van der Waals surface area contributed by atoms with Crippen molar-refractivity contribution in [2.45, 2.75) is 26.2 Å². The molecule has 0 unspecified atom stereocenters. The van der Waals surface area contributed by atoms with Gasteiger partial charge in [-0.25, -0.2) is 4.39 Å². The zero-order chi connectivity index (χ0) is 20.3. The van der Waals surface area contributed by atoms with Crippen molar-refractivity contribution < 1.29 is 14.1 Å². The largest absolute Gasteiger partial charge is 0.280 e. The van der Waals surface area contributed by atoms with Gasteiger partial charge in [0.25, 0.3) is 5.91 Å². The SMILES string of the molecule is CC1=NN(c2ccccc2)C(=O)/C1=C(/C)C[C@@H](C[N+](=O)[O-])c1ccccc1F. The first-order chi connectivity index (χ1) is 13.4. The predicted molar refractivity (Wildman–Crippen MR) is 105 cm³/mol. The van der Waals surface area contributed by atoms with Crippen LogP contribution in [0, 0.1) is 15.9 Å². The number of benzene rings is 2. The van der Waals surface area contributed by atoms with Crippen LogP contribution in [0.25, 0.3) is 0 Å². The van der Waals surface area contributed by atoms with Crippen molar-refractivity contribution in [1.82, 2.24) is 0 Å². The van der Waals surface area contributed by atoms with E-state index in [9.17, 15) is 19.3 Å². The second kappa shape index (κ2) is 8.12. The highest BCUT2D eigenvalue weighted by Gasteiger charge is 2.32. The number of rotatable bonds is 6. The second-order valence-corrected chi connectivity index (χ2v) is 6.73. The zero-order valence-corrected chi connectivity index (χ0v) is 15.6. The summed E-state index contributed by atoms with van der Waals surface area (Å²) in [7, 11) is 0. The number of amides is 1. The number of nitro groups is 1. The van der Waals surface area contributed by atoms with Crippen molar-refractivity contribution in [2.75, 3.05) is 11.6 Å². The summed E-state index contributed by atoms with van der Waals surface area (Å²) in [5, 5.41) is 16.8. The number of allylic oxidation sites excluding steroid dienone is 1. The fourth-order valence-corrected chi connectivity index (χ4v) is 3.47. The number of hydrazone groups is 1. The van der Waals surface area contributed by atoms with E-state index in [1.807, 2.05) is 18.2 Å². The van der Waals surface area contributed by atoms with E-state index >= 15 is 0 Å². The van der Waals surface area contributed by atoms with Crippen LogP contribution in [0.2, 0.25) is 0 Å². The molecule has 1 atom stereocenters. The van der Waals surface area contributed by atoms with Crippen LogP contribution in [0.5, 0.6) is 0 Å². The first kappa shape index (κ1) is 19.4. The molecule has 2 aromatic carbocycles. The molecule has 0 aromatic heterocycles. The summed E-state index contributed by atoms with van der Waals surface area (Å²) < 4.78 is 14.2. The van der Waals surface area contributed by atoms with Gasteiger partial charge in [-0.15, -0.1) is 0 Å². The van der Waals surface area contributed by atoms with E-state index in [0.717, 1.165) is 0 Å². The summed E-state index contributed by atoms with van der Waals surface area (Å²) in [5.74, 6) is -1.44. The van der Waals surface area contributed by atoms with Crippen LogP contribution in [0.4, 0.5) is 10.1 Å². The number of carbonyl (C=O) groups excluding carboxylic acids is 1. The second-order valence-electron chi connectivity index (χ2n) is 6.73. The topological polar surface area (TPSA) is 75.8 Å². The number of carbonyl (C=O) groups is 1. The Kier molecular flexibility index (Phi) is 5.63. The highest BCUT2D eigenvalue weighted by atomic mass is 19.1. The molecule has 0 saturated heterocycles. The summed E-state index contributed by atoms with van der Waals surface area (Å²) in [4.78, 5) is 23.6. The maximum absolute atomic E-state index is 14.2. The lowest BCUT2D eigenvalue weighted by Gasteiger charge is -2.16. The predicted octanol–water partition coefficient (Wildman–Crippen LogP) is 4.32. The van der Waals surface area contributed by atoms with Gasteiger partial charge in [0.15, 0.2) is 0 Å². The Balaban J connectivity index is 1.92. The van der Waals surface area contributed by atoms with Gasteiger partial charge in [0.2, 0.25) is 6.54 Å². The molecule has 0 N–H and O–H groups in total. The lowest BCUT2D eigenvalue weighted by atomic mass is 9.89. The molecule has 1 aliphatic rings. The van der Waals surface area contributed by atoms with Gasteiger partial charge >= 0.3 is 0 Å². The Hall–Kier alpha value is -3.35. The summed E-state index contributed by atoms with van der Waals surface area (Å²) >= 11 is 0. The number of nitrogens with zero attached hydrogens (tertiary/aromatic N) is 3. The lowest BCUT2D eigenvalue weighted by molar-refractivity contribution is -0.483. The van der Waals surface area contributed by atoms with Gasteiger partial charge in [0.1, 0.15) is 5.82 Å². The third kappa shape index (κ3) is 3.98. The molecule has 144 valence electrons. The van der Waals surface area contributed by atoms with E-state index in [4.69, 9.17) is 0 Å². The summed E-state index contributed by atoms with van der Waals surface area (Å²) in [6.07, 6.45) is 0.193. The lowest BCUT2D eigenvalue weighted by Crippen LogP contribution is -2.22. The van der Waals surface area contributed by atoms with E-state index in [2.05, 4.69) is 5.10 Å². The normalized spacial score (nSPS) is 16.8. The first-order valence-electron chi connectivity index (χ1n) is 8.89. The molecule has 6 nitrogen and oxygen atoms in total. The van der Waals surface area contributed by atoms with Gasteiger partial charge in [-0.3, -0.25) is 14.9 Å². The highest BCUT2D eigenvalue weighted by molar-refractivity contribution is 6.30. The van der Waals surface area contributed by atoms with Crippen molar-refractivity contribution in [3.63, 3.8) is 0 Å². The molecule has 0 fully saturated rings. The fourth-order valence-electron chi connectivity index (χ4n) is 3.47. The average Bonchev–Trinajstić information content (AvgIpc) is 2.96. The summed E-state index contributed by atoms with van der Waals surface area (Å²) in [5.41, 5.74) is 2.54. The van der Waals surface area contributed by atoms with Gasteiger partial charge in [-0.05, 0) is 44.0 Å². The monoisotopic (exact) mass is 381 g/mol. The average molecular weight is 381 g/mol. The van der Waals surface area contributed by atoms with Crippen molar-refractivity contribution in [3.05, 3.63) is 87.2 Å². The van der Waals surface area contributed by atoms with Crippen LogP contribution in [0.3, 0.4) is 0 Å². The summed E-state index contributed by atoms with van der Waals surface area (Å²) in [6.45, 7) is 3.05. The number of halogens is 1. The third-order valence-electron chi connectivity index (χ3n) is 4.71. The first-order valence-corrected chi connectivity index (χ1v) is 8.89. The molecule has 28 heavy (non-hydrogen) atoms. The van der Waals surface area contributed by atoms with Gasteiger partial charge in [0, 0.05) is 4.92 Å². The molecular weight excluding hydrogens is 361 g/mol. The van der Waals surface area contributed by atoms with Crippen LogP contribution in [-0.4, -0.2) is 23.1 Å². The maximum atomic E-state index is 14.2. The molecule has 0 radical (unpaired) electrons. The molecule has 1 heterocycles. The Morgan fingerprint density at radius 1 is 1.18 bits per heavy atom. The van der Waals surface area contributed by atoms with Gasteiger partial charge in [0.05, 0.1) is 22.9 Å². The number of hydrogen-bond acceptors (Lipinski definition) is 4. The Labute approximate surface area is 162 Å². The molecule has 0 saturated carbocycles. The van der Waals surface area contributed by atoms with Crippen molar-refractivity contribution in [1.29, 1.82) is 0 Å². The Morgan fingerprint density at radius 2 is 1.82 bits per heavy atom. The highest BCUT2D eigenvalue weighted by Crippen LogP contribution is 2.31. The van der Waals surface area contributed by atoms with Gasteiger partial charge in [-0.1, -0.05) is 42.0 Å². The van der Waals surface area contributed by atoms with Gasteiger partial charge < -0.3 is 0 Å². The number of hydrogen-bond donors (Lipinski definition) is 0. The third-order valence-corrected chi connectivity index (χ3v) is 4.71. The number of para-hydroxylation sites is 1. The number of anilines is 1. The smallest absolute Gasteiger partial charge is 0.267 e. The molecule has 0 aliphatic carbocycles. The summed E-state index contributed by atoms with van der Waals surface area (Å²) in [6, 6.07) is 15.1. The minimum atomic E-state index is -0.671. The Morgan fingerprint density at radius 3 is 2.46 bits per heavy atom. The van der Waals surface area contributed by atoms with E-state index in [-0.39, 0.29) is 17.9 Å². The molecule has 3 rings (SSSR count). The molecule has 0 spiro atoms. The van der Waals surface area contributed by atoms with E-state index in [1.54, 1.807) is 44.2 Å². The fraction of sp³-hybridized carbons (Fsp3) is 0.238. The maximum Gasteiger partial charge on any atom is 0.280 e. The van der Waals surface area contributed by atoms with E-state index in [0.29, 0.717) is 22.5 Å². The Bertz CT molecular complexity index is 970. The molecular formula is C21H20FN3O3. The minimum absolute atomic E-state index is 0.193. The van der Waals surface area contributed by atoms with Crippen LogP contribution in [0.15, 0.2) is 70.8 Å². The molecule has 7 heteroatoms. The molecule has 0 bridgehead atoms. The van der Waals surface area contributed by atoms with E-state index in [1.165, 1.54) is 11.1 Å². The molecule has 2 aromatic rings. The minimum Gasteiger partial charge on any atom is -0.267 e. The van der Waals surface area contributed by atoms with Crippen LogP contribution < -0.4 is 5.01 Å². The van der Waals surface area contributed by atoms with Crippen LogP contribution in [-0.2, 0) is 4.79 Å². The quantitative estimate of drug-likeness (QED) is 0.425. The van der Waals surface area contributed by atoms with Crippen LogP contribution in [0.1, 0.15) is 31.7 Å². The van der Waals surface area contributed by atoms with Crippen LogP contribution >= 0.6 is 0 Å². The van der Waals surface area contributed by atoms with E-state index < -0.39 is 23.2 Å². The zero-order valence-electron chi connectivity index (χ0n) is 15.6. The van der Waals surface area contributed by atoms with Gasteiger partial charge in [-0.2, -0.15) is 10.1 Å². The van der Waals surface area contributed by atoms with Crippen molar-refractivity contribution >= 4 is 17.3 Å². The molecule has 1 aliphatic heterocycles.